The van der Waals surface area contributed by atoms with E-state index in [0.717, 1.165) is 12.0 Å². The molecule has 0 N–H and O–H groups in total. The number of halogens is 1. The van der Waals surface area contributed by atoms with Gasteiger partial charge in [-0.3, -0.25) is 4.79 Å². The summed E-state index contributed by atoms with van der Waals surface area (Å²) in [6, 6.07) is 7.85. The molecule has 0 fully saturated rings. The Hall–Kier alpha value is -1.02. The zero-order valence-electron chi connectivity index (χ0n) is 6.94. The molecule has 0 aromatic heterocycles. The van der Waals surface area contributed by atoms with Crippen LogP contribution in [-0.4, -0.2) is 11.8 Å². The van der Waals surface area contributed by atoms with Crippen LogP contribution in [0.4, 0.5) is 0 Å². The molecule has 3 heteroatoms. The van der Waals surface area contributed by atoms with E-state index in [0.29, 0.717) is 6.47 Å². The van der Waals surface area contributed by atoms with Crippen molar-refractivity contribution in [3.8, 4) is 0 Å². The van der Waals surface area contributed by atoms with E-state index < -0.39 is 0 Å². The molecule has 1 aliphatic carbocycles. The fourth-order valence-electron chi connectivity index (χ4n) is 1.73. The lowest BCUT2D eigenvalue weighted by Crippen LogP contribution is -2.09. The summed E-state index contributed by atoms with van der Waals surface area (Å²) in [5.41, 5.74) is 2.21. The molecule has 0 saturated heterocycles. The van der Waals surface area contributed by atoms with Crippen LogP contribution in [0.2, 0.25) is 0 Å². The van der Waals surface area contributed by atoms with Crippen molar-refractivity contribution in [2.75, 3.05) is 0 Å². The molecular formula is C10H9ClO2. The van der Waals surface area contributed by atoms with Crippen molar-refractivity contribution in [2.45, 2.75) is 17.9 Å². The summed E-state index contributed by atoms with van der Waals surface area (Å²) in [5.74, 6) is 0. The van der Waals surface area contributed by atoms with Gasteiger partial charge < -0.3 is 4.74 Å². The Bertz CT molecular complexity index is 324. The minimum Gasteiger partial charge on any atom is -0.458 e. The van der Waals surface area contributed by atoms with Gasteiger partial charge in [-0.2, -0.15) is 0 Å². The predicted octanol–water partition coefficient (Wildman–Crippen LogP) is 2.06. The molecule has 1 aromatic carbocycles. The molecule has 0 amide bonds. The molecule has 0 unspecified atom stereocenters. The molecule has 1 aromatic rings. The number of carbonyl (C=O) groups is 1. The zero-order chi connectivity index (χ0) is 9.26. The Morgan fingerprint density at radius 2 is 2.23 bits per heavy atom. The van der Waals surface area contributed by atoms with E-state index in [9.17, 15) is 4.79 Å². The molecule has 13 heavy (non-hydrogen) atoms. The van der Waals surface area contributed by atoms with E-state index >= 15 is 0 Å². The van der Waals surface area contributed by atoms with Crippen LogP contribution in [0.15, 0.2) is 24.3 Å². The molecule has 2 rings (SSSR count). The number of alkyl halides is 1. The van der Waals surface area contributed by atoms with Gasteiger partial charge in [0, 0.05) is 0 Å². The van der Waals surface area contributed by atoms with Gasteiger partial charge in [0.2, 0.25) is 0 Å². The minimum atomic E-state index is -0.268. The van der Waals surface area contributed by atoms with Gasteiger partial charge in [-0.25, -0.2) is 0 Å². The first-order valence-corrected chi connectivity index (χ1v) is 4.57. The van der Waals surface area contributed by atoms with Gasteiger partial charge in [0.1, 0.15) is 6.10 Å². The Balaban J connectivity index is 2.34. The number of fused-ring (bicyclic) bond motifs is 1. The van der Waals surface area contributed by atoms with Gasteiger partial charge in [0.05, 0.1) is 5.38 Å². The van der Waals surface area contributed by atoms with Crippen molar-refractivity contribution in [1.29, 1.82) is 0 Å². The van der Waals surface area contributed by atoms with Crippen molar-refractivity contribution in [2.24, 2.45) is 0 Å². The summed E-state index contributed by atoms with van der Waals surface area (Å²) in [6.45, 7) is 0.460. The van der Waals surface area contributed by atoms with E-state index in [1.165, 1.54) is 5.56 Å². The maximum absolute atomic E-state index is 10.2. The second-order valence-corrected chi connectivity index (χ2v) is 3.63. The Labute approximate surface area is 81.5 Å². The Kier molecular flexibility index (Phi) is 2.23. The highest BCUT2D eigenvalue weighted by atomic mass is 35.5. The first kappa shape index (κ1) is 8.57. The molecule has 2 nitrogen and oxygen atoms in total. The largest absolute Gasteiger partial charge is 0.458 e. The van der Waals surface area contributed by atoms with Crippen LogP contribution in [0, 0.1) is 0 Å². The third-order valence-corrected chi connectivity index (χ3v) is 2.69. The normalized spacial score (nSPS) is 25.3. The topological polar surface area (TPSA) is 26.3 Å². The summed E-state index contributed by atoms with van der Waals surface area (Å²) >= 11 is 6.04. The number of benzene rings is 1. The summed E-state index contributed by atoms with van der Waals surface area (Å²) in [7, 11) is 0. The van der Waals surface area contributed by atoms with Gasteiger partial charge in [0.15, 0.2) is 0 Å². The van der Waals surface area contributed by atoms with E-state index in [4.69, 9.17) is 16.3 Å². The Morgan fingerprint density at radius 1 is 1.46 bits per heavy atom. The molecule has 0 saturated carbocycles. The monoisotopic (exact) mass is 196 g/mol. The lowest BCUT2D eigenvalue weighted by atomic mass is 10.1. The SMILES string of the molecule is O=CO[C@H]1c2ccccc2C[C@@H]1Cl. The standard InChI is InChI=1S/C10H9ClO2/c11-9-5-7-3-1-2-4-8(7)10(9)13-6-12/h1-4,6,9-10H,5H2/t9-,10-/m0/s1. The molecule has 1 aliphatic rings. The number of rotatable bonds is 2. The molecule has 0 spiro atoms. The zero-order valence-corrected chi connectivity index (χ0v) is 7.70. The number of hydrogen-bond acceptors (Lipinski definition) is 2. The summed E-state index contributed by atoms with van der Waals surface area (Å²) < 4.78 is 4.93. The van der Waals surface area contributed by atoms with E-state index in [-0.39, 0.29) is 11.5 Å². The minimum absolute atomic E-state index is 0.123. The summed E-state index contributed by atoms with van der Waals surface area (Å²) in [4.78, 5) is 10.2. The van der Waals surface area contributed by atoms with E-state index in [1.54, 1.807) is 0 Å². The lowest BCUT2D eigenvalue weighted by Gasteiger charge is -2.12. The highest BCUT2D eigenvalue weighted by molar-refractivity contribution is 6.21. The number of ether oxygens (including phenoxy) is 1. The highest BCUT2D eigenvalue weighted by Gasteiger charge is 2.31. The summed E-state index contributed by atoms with van der Waals surface area (Å²) in [6.07, 6.45) is 0.506. The van der Waals surface area contributed by atoms with Crippen molar-refractivity contribution >= 4 is 18.1 Å². The predicted molar refractivity (Wildman–Crippen MR) is 49.7 cm³/mol. The van der Waals surface area contributed by atoms with Gasteiger partial charge >= 0.3 is 0 Å². The van der Waals surface area contributed by atoms with Crippen molar-refractivity contribution in [1.82, 2.24) is 0 Å². The van der Waals surface area contributed by atoms with Crippen molar-refractivity contribution in [3.05, 3.63) is 35.4 Å². The molecule has 0 heterocycles. The molecule has 0 aliphatic heterocycles. The van der Waals surface area contributed by atoms with Crippen LogP contribution >= 0.6 is 11.6 Å². The van der Waals surface area contributed by atoms with Crippen LogP contribution in [0.25, 0.3) is 0 Å². The average molecular weight is 197 g/mol. The molecule has 2 atom stereocenters. The molecule has 0 radical (unpaired) electrons. The van der Waals surface area contributed by atoms with Crippen molar-refractivity contribution in [3.63, 3.8) is 0 Å². The number of carbonyl (C=O) groups excluding carboxylic acids is 1. The van der Waals surface area contributed by atoms with Gasteiger partial charge in [0.25, 0.3) is 6.47 Å². The van der Waals surface area contributed by atoms with E-state index in [1.807, 2.05) is 24.3 Å². The maximum atomic E-state index is 10.2. The van der Waals surface area contributed by atoms with Crippen LogP contribution in [0.5, 0.6) is 0 Å². The van der Waals surface area contributed by atoms with Crippen LogP contribution in [0.3, 0.4) is 0 Å². The number of hydrogen-bond donors (Lipinski definition) is 0. The fraction of sp³-hybridized carbons (Fsp3) is 0.300. The second-order valence-electron chi connectivity index (χ2n) is 3.07. The lowest BCUT2D eigenvalue weighted by molar-refractivity contribution is -0.133. The van der Waals surface area contributed by atoms with Gasteiger partial charge in [-0.1, -0.05) is 24.3 Å². The molecular weight excluding hydrogens is 188 g/mol. The Morgan fingerprint density at radius 3 is 3.00 bits per heavy atom. The van der Waals surface area contributed by atoms with Gasteiger partial charge in [-0.15, -0.1) is 11.6 Å². The molecule has 68 valence electrons. The van der Waals surface area contributed by atoms with Crippen LogP contribution < -0.4 is 0 Å². The highest BCUT2D eigenvalue weighted by Crippen LogP contribution is 2.36. The first-order valence-electron chi connectivity index (χ1n) is 4.14. The fourth-order valence-corrected chi connectivity index (χ4v) is 2.09. The maximum Gasteiger partial charge on any atom is 0.293 e. The average Bonchev–Trinajstić information content (AvgIpc) is 2.44. The van der Waals surface area contributed by atoms with E-state index in [2.05, 4.69) is 0 Å². The third-order valence-electron chi connectivity index (χ3n) is 2.31. The van der Waals surface area contributed by atoms with Crippen molar-refractivity contribution < 1.29 is 9.53 Å². The van der Waals surface area contributed by atoms with Crippen LogP contribution in [-0.2, 0) is 16.0 Å². The van der Waals surface area contributed by atoms with Crippen LogP contribution in [0.1, 0.15) is 17.2 Å². The van der Waals surface area contributed by atoms with Gasteiger partial charge in [-0.05, 0) is 17.5 Å². The summed E-state index contributed by atoms with van der Waals surface area (Å²) in [5, 5.41) is -0.123. The first-order chi connectivity index (χ1) is 6.33. The molecule has 0 bridgehead atoms. The third kappa shape index (κ3) is 1.42. The smallest absolute Gasteiger partial charge is 0.293 e. The second kappa shape index (κ2) is 3.38. The quantitative estimate of drug-likeness (QED) is 0.535.